The molecule has 0 aliphatic carbocycles. The number of piperazine rings is 1. The minimum atomic E-state index is -1.11. The lowest BCUT2D eigenvalue weighted by atomic mass is 9.96. The third-order valence-corrected chi connectivity index (χ3v) is 11.4. The van der Waals surface area contributed by atoms with Crippen molar-refractivity contribution >= 4 is 34.2 Å². The Balaban J connectivity index is 1.29. The number of alkyl halides is 1. The summed E-state index contributed by atoms with van der Waals surface area (Å²) >= 11 is 0. The molecule has 2 aromatic carbocycles. The van der Waals surface area contributed by atoms with Gasteiger partial charge in [0.2, 0.25) is 5.91 Å². The number of rotatable bonds is 8. The van der Waals surface area contributed by atoms with Crippen molar-refractivity contribution in [3.8, 4) is 24.1 Å². The molecule has 1 amide bonds. The summed E-state index contributed by atoms with van der Waals surface area (Å²) < 4.78 is 41.7. The van der Waals surface area contributed by atoms with E-state index in [0.717, 1.165) is 5.56 Å². The molecule has 4 aliphatic rings. The highest BCUT2D eigenvalue weighted by Gasteiger charge is 2.54. The Morgan fingerprint density at radius 1 is 1.17 bits per heavy atom. The molecule has 0 saturated carbocycles. The number of amides is 1. The summed E-state index contributed by atoms with van der Waals surface area (Å²) in [6.45, 7) is 12.9. The average Bonchev–Trinajstić information content (AvgIpc) is 3.47. The lowest BCUT2D eigenvalue weighted by Gasteiger charge is -2.43. The van der Waals surface area contributed by atoms with Crippen LogP contribution in [0.25, 0.3) is 10.8 Å². The number of nitrogens with zero attached hydrogens (tertiary/aromatic N) is 6. The van der Waals surface area contributed by atoms with Gasteiger partial charge in [0.1, 0.15) is 30.2 Å². The minimum absolute atomic E-state index is 0.104. The van der Waals surface area contributed by atoms with Crippen LogP contribution in [0.2, 0.25) is 0 Å². The summed E-state index contributed by atoms with van der Waals surface area (Å²) in [6.07, 6.45) is 7.39. The van der Waals surface area contributed by atoms with E-state index in [2.05, 4.69) is 17.4 Å². The molecule has 1 aromatic heterocycles. The third kappa shape index (κ3) is 6.56. The number of benzene rings is 2. The number of likely N-dealkylation sites (N-methyl/N-ethyl adjacent to an activating group) is 1. The molecule has 53 heavy (non-hydrogen) atoms. The van der Waals surface area contributed by atoms with Crippen molar-refractivity contribution in [1.82, 2.24) is 19.8 Å². The first-order valence-electron chi connectivity index (χ1n) is 18.1. The number of aromatic nitrogens is 2. The van der Waals surface area contributed by atoms with E-state index in [0.29, 0.717) is 79.2 Å². The van der Waals surface area contributed by atoms with Crippen molar-refractivity contribution in [2.24, 2.45) is 5.92 Å². The van der Waals surface area contributed by atoms with E-state index in [1.54, 1.807) is 43.9 Å². The molecule has 5 heterocycles. The highest BCUT2D eigenvalue weighted by atomic mass is 19.1. The SMILES string of the molecule is C#Cc1c(F)ccc2cc(OC(=O)C(C)C)cc(N3CCc4c(nc(OC[C@]5(C)C[C@@H](F)CN5C)nc4N4C[C@H]5CC(C)(O)[C@@H](C4)N5C(=O)C=C)C3)c12. The fourth-order valence-electron chi connectivity index (χ4n) is 8.45. The van der Waals surface area contributed by atoms with E-state index < -0.39 is 35.1 Å². The number of terminal acetylenes is 1. The Hall–Kier alpha value is -4.80. The van der Waals surface area contributed by atoms with E-state index in [9.17, 15) is 19.1 Å². The van der Waals surface area contributed by atoms with Gasteiger partial charge >= 0.3 is 12.0 Å². The highest BCUT2D eigenvalue weighted by molar-refractivity contribution is 6.00. The second-order valence-electron chi connectivity index (χ2n) is 15.7. The molecule has 4 aliphatic heterocycles. The molecule has 0 spiro atoms. The maximum Gasteiger partial charge on any atom is 0.318 e. The van der Waals surface area contributed by atoms with E-state index in [1.165, 1.54) is 12.1 Å². The largest absolute Gasteiger partial charge is 0.461 e. The Morgan fingerprint density at radius 2 is 1.94 bits per heavy atom. The number of hydrogen-bond donors (Lipinski definition) is 1. The van der Waals surface area contributed by atoms with Gasteiger partial charge in [-0.1, -0.05) is 32.4 Å². The van der Waals surface area contributed by atoms with Crippen LogP contribution in [0.1, 0.15) is 57.4 Å². The predicted octanol–water partition coefficient (Wildman–Crippen LogP) is 4.41. The van der Waals surface area contributed by atoms with Gasteiger partial charge < -0.3 is 29.3 Å². The molecule has 3 fully saturated rings. The fraction of sp³-hybridized carbons (Fsp3) is 0.500. The van der Waals surface area contributed by atoms with Crippen LogP contribution in [0.3, 0.4) is 0 Å². The van der Waals surface area contributed by atoms with E-state index in [1.807, 2.05) is 23.8 Å². The second-order valence-corrected chi connectivity index (χ2v) is 15.7. The number of carbonyl (C=O) groups is 2. The van der Waals surface area contributed by atoms with Crippen molar-refractivity contribution in [3.63, 3.8) is 0 Å². The van der Waals surface area contributed by atoms with Gasteiger partial charge in [-0.25, -0.2) is 8.78 Å². The maximum absolute atomic E-state index is 15.2. The predicted molar refractivity (Wildman–Crippen MR) is 197 cm³/mol. The molecule has 5 atom stereocenters. The Morgan fingerprint density at radius 3 is 2.60 bits per heavy atom. The van der Waals surface area contributed by atoms with Crippen LogP contribution < -0.4 is 19.3 Å². The Bertz CT molecular complexity index is 2030. The summed E-state index contributed by atoms with van der Waals surface area (Å²) in [5.74, 6) is 1.96. The van der Waals surface area contributed by atoms with Crippen LogP contribution in [-0.2, 0) is 22.6 Å². The maximum atomic E-state index is 15.2. The molecule has 3 aromatic rings. The van der Waals surface area contributed by atoms with Crippen LogP contribution in [0.15, 0.2) is 36.9 Å². The Labute approximate surface area is 308 Å². The number of ether oxygens (including phenoxy) is 2. The zero-order chi connectivity index (χ0) is 38.0. The van der Waals surface area contributed by atoms with Gasteiger partial charge in [0.25, 0.3) is 0 Å². The number of aliphatic hydroxyl groups is 1. The number of esters is 1. The van der Waals surface area contributed by atoms with Gasteiger partial charge in [-0.05, 0) is 50.9 Å². The standard InChI is InChI=1S/C40H46F2N6O5/c1-8-28-30(42)11-10-24-14-27(53-37(50)23(3)4)15-32(35(24)28)46-13-12-29-31(20-46)43-38(52-22-39(5)16-25(41)18-45(39)7)44-36(29)47-19-26-17-40(6,51)33(21-47)48(26)34(49)9-2/h1,9-11,14-15,23,25-26,33,51H,2,12-13,16-22H2,3-7H3/t25-,26-,33-,39+,40?/m1/s1. The number of anilines is 2. The normalized spacial score (nSPS) is 26.9. The molecule has 3 saturated heterocycles. The molecular formula is C40H46F2N6O5. The van der Waals surface area contributed by atoms with Crippen molar-refractivity contribution < 1.29 is 33.0 Å². The third-order valence-electron chi connectivity index (χ3n) is 11.4. The molecule has 2 bridgehead atoms. The van der Waals surface area contributed by atoms with Gasteiger partial charge in [0.15, 0.2) is 0 Å². The van der Waals surface area contributed by atoms with Crippen molar-refractivity contribution in [2.45, 2.75) is 82.9 Å². The molecule has 1 unspecified atom stereocenters. The highest BCUT2D eigenvalue weighted by Crippen LogP contribution is 2.43. The van der Waals surface area contributed by atoms with E-state index in [4.69, 9.17) is 25.9 Å². The number of halogens is 2. The average molecular weight is 729 g/mol. The van der Waals surface area contributed by atoms with Crippen molar-refractivity contribution in [1.29, 1.82) is 0 Å². The number of likely N-dealkylation sites (tertiary alicyclic amines) is 1. The summed E-state index contributed by atoms with van der Waals surface area (Å²) in [7, 11) is 1.87. The quantitative estimate of drug-likeness (QED) is 0.155. The minimum Gasteiger partial charge on any atom is -0.461 e. The number of fused-ring (bicyclic) bond motifs is 4. The van der Waals surface area contributed by atoms with Crippen LogP contribution in [0, 0.1) is 24.1 Å². The first-order valence-corrected chi connectivity index (χ1v) is 18.1. The molecule has 1 N–H and O–H groups in total. The van der Waals surface area contributed by atoms with Gasteiger partial charge in [-0.2, -0.15) is 9.97 Å². The first kappa shape index (κ1) is 36.6. The van der Waals surface area contributed by atoms with Crippen molar-refractivity contribution in [2.75, 3.05) is 49.6 Å². The summed E-state index contributed by atoms with van der Waals surface area (Å²) in [5, 5.41) is 12.5. The zero-order valence-electron chi connectivity index (χ0n) is 30.9. The van der Waals surface area contributed by atoms with Gasteiger partial charge in [-0.15, -0.1) is 6.42 Å². The van der Waals surface area contributed by atoms with E-state index in [-0.39, 0.29) is 42.6 Å². The molecule has 7 rings (SSSR count). The number of hydrogen-bond acceptors (Lipinski definition) is 10. The number of carbonyl (C=O) groups excluding carboxylic acids is 2. The molecule has 0 radical (unpaired) electrons. The van der Waals surface area contributed by atoms with Gasteiger partial charge in [-0.3, -0.25) is 14.5 Å². The van der Waals surface area contributed by atoms with Crippen LogP contribution in [0.5, 0.6) is 11.8 Å². The first-order chi connectivity index (χ1) is 25.1. The van der Waals surface area contributed by atoms with Gasteiger partial charge in [0.05, 0.1) is 52.6 Å². The van der Waals surface area contributed by atoms with Crippen LogP contribution in [0.4, 0.5) is 20.3 Å². The Kier molecular flexibility index (Phi) is 9.35. The van der Waals surface area contributed by atoms with Gasteiger partial charge in [0, 0.05) is 56.0 Å². The summed E-state index contributed by atoms with van der Waals surface area (Å²) in [6, 6.07) is 5.70. The molecular weight excluding hydrogens is 682 g/mol. The lowest BCUT2D eigenvalue weighted by molar-refractivity contribution is -0.137. The molecule has 13 heteroatoms. The lowest BCUT2D eigenvalue weighted by Crippen LogP contribution is -2.59. The van der Waals surface area contributed by atoms with Crippen LogP contribution in [-0.4, -0.2) is 106 Å². The van der Waals surface area contributed by atoms with E-state index >= 15 is 4.39 Å². The zero-order valence-corrected chi connectivity index (χ0v) is 30.9. The van der Waals surface area contributed by atoms with Crippen LogP contribution >= 0.6 is 0 Å². The molecule has 11 nitrogen and oxygen atoms in total. The fourth-order valence-corrected chi connectivity index (χ4v) is 8.45. The smallest absolute Gasteiger partial charge is 0.318 e. The summed E-state index contributed by atoms with van der Waals surface area (Å²) in [4.78, 5) is 43.2. The second kappa shape index (κ2) is 13.6. The monoisotopic (exact) mass is 728 g/mol. The topological polar surface area (TPSA) is 112 Å². The van der Waals surface area contributed by atoms with Crippen molar-refractivity contribution in [3.05, 3.63) is 59.6 Å². The summed E-state index contributed by atoms with van der Waals surface area (Å²) in [5.41, 5.74) is 0.577. The molecule has 280 valence electrons.